The first-order valence-electron chi connectivity index (χ1n) is 8.36. The smallest absolute Gasteiger partial charge is 0.339 e. The van der Waals surface area contributed by atoms with Gasteiger partial charge >= 0.3 is 5.97 Å². The van der Waals surface area contributed by atoms with Crippen molar-refractivity contribution >= 4 is 5.97 Å². The summed E-state index contributed by atoms with van der Waals surface area (Å²) in [5, 5.41) is 23.5. The van der Waals surface area contributed by atoms with E-state index in [-0.39, 0.29) is 11.5 Å². The van der Waals surface area contributed by atoms with E-state index in [2.05, 4.69) is 11.2 Å². The fourth-order valence-corrected chi connectivity index (χ4v) is 2.96. The second-order valence-electron chi connectivity index (χ2n) is 6.51. The molecule has 0 aliphatic heterocycles. The van der Waals surface area contributed by atoms with Gasteiger partial charge in [-0.1, -0.05) is 43.7 Å². The number of hydrogen-bond donors (Lipinski definition) is 1. The van der Waals surface area contributed by atoms with Crippen LogP contribution in [0.15, 0.2) is 48.5 Å². The first kappa shape index (κ1) is 17.4. The van der Waals surface area contributed by atoms with E-state index in [0.717, 1.165) is 11.3 Å². The van der Waals surface area contributed by atoms with Crippen LogP contribution in [-0.2, 0) is 0 Å². The average Bonchev–Trinajstić information content (AvgIpc) is 3.03. The van der Waals surface area contributed by atoms with Gasteiger partial charge in [0.1, 0.15) is 11.3 Å². The Balaban J connectivity index is 2.27. The third-order valence-corrected chi connectivity index (χ3v) is 4.25. The maximum Gasteiger partial charge on any atom is 0.339 e. The fourth-order valence-electron chi connectivity index (χ4n) is 2.96. The van der Waals surface area contributed by atoms with E-state index in [0.29, 0.717) is 22.5 Å². The van der Waals surface area contributed by atoms with Gasteiger partial charge in [-0.3, -0.25) is 0 Å². The zero-order valence-corrected chi connectivity index (χ0v) is 14.9. The van der Waals surface area contributed by atoms with Gasteiger partial charge in [0.05, 0.1) is 23.0 Å². The van der Waals surface area contributed by atoms with Crippen molar-refractivity contribution < 1.29 is 9.90 Å². The van der Waals surface area contributed by atoms with Gasteiger partial charge in [0, 0.05) is 5.56 Å². The molecule has 1 heterocycles. The Hall–Kier alpha value is -3.39. The SMILES string of the molecule is Cc1ccc(-n2nc(-c3ccc(C#N)cc3)c(C(=O)O)c2C(C)C)cc1. The zero-order chi connectivity index (χ0) is 18.8. The van der Waals surface area contributed by atoms with E-state index in [1.165, 1.54) is 0 Å². The Labute approximate surface area is 152 Å². The van der Waals surface area contributed by atoms with Gasteiger partial charge in [-0.25, -0.2) is 9.48 Å². The molecule has 5 nitrogen and oxygen atoms in total. The number of nitriles is 1. The summed E-state index contributed by atoms with van der Waals surface area (Å²) in [6, 6.07) is 16.7. The summed E-state index contributed by atoms with van der Waals surface area (Å²) in [6.07, 6.45) is 0. The first-order valence-corrected chi connectivity index (χ1v) is 8.36. The highest BCUT2D eigenvalue weighted by Gasteiger charge is 2.26. The van der Waals surface area contributed by atoms with Gasteiger partial charge < -0.3 is 5.11 Å². The van der Waals surface area contributed by atoms with Crippen LogP contribution in [0.2, 0.25) is 0 Å². The maximum atomic E-state index is 12.0. The number of carboxylic acids is 1. The molecular weight excluding hydrogens is 326 g/mol. The normalized spacial score (nSPS) is 10.7. The summed E-state index contributed by atoms with van der Waals surface area (Å²) >= 11 is 0. The van der Waals surface area contributed by atoms with Crippen LogP contribution in [0.25, 0.3) is 16.9 Å². The Kier molecular flexibility index (Phi) is 4.59. The van der Waals surface area contributed by atoms with Gasteiger partial charge in [0.15, 0.2) is 0 Å². The van der Waals surface area contributed by atoms with Crippen molar-refractivity contribution in [1.29, 1.82) is 5.26 Å². The van der Waals surface area contributed by atoms with Crippen LogP contribution in [0.4, 0.5) is 0 Å². The molecule has 2 aromatic carbocycles. The number of carbonyl (C=O) groups is 1. The monoisotopic (exact) mass is 345 g/mol. The van der Waals surface area contributed by atoms with Gasteiger partial charge in [-0.05, 0) is 37.1 Å². The largest absolute Gasteiger partial charge is 0.478 e. The molecule has 0 bridgehead atoms. The van der Waals surface area contributed by atoms with Crippen LogP contribution in [0.3, 0.4) is 0 Å². The number of aryl methyl sites for hydroxylation is 1. The molecule has 0 spiro atoms. The predicted octanol–water partition coefficient (Wildman–Crippen LogP) is 4.54. The van der Waals surface area contributed by atoms with Crippen LogP contribution in [0.1, 0.15) is 46.9 Å². The van der Waals surface area contributed by atoms with E-state index in [1.54, 1.807) is 28.9 Å². The first-order chi connectivity index (χ1) is 12.4. The van der Waals surface area contributed by atoms with Crippen LogP contribution < -0.4 is 0 Å². The van der Waals surface area contributed by atoms with Crippen molar-refractivity contribution in [2.75, 3.05) is 0 Å². The number of carboxylic acid groups (broad SMARTS) is 1. The van der Waals surface area contributed by atoms with Crippen molar-refractivity contribution in [3.8, 4) is 23.0 Å². The van der Waals surface area contributed by atoms with Crippen molar-refractivity contribution in [2.24, 2.45) is 0 Å². The third-order valence-electron chi connectivity index (χ3n) is 4.25. The standard InChI is InChI=1S/C21H19N3O2/c1-13(2)20-18(21(25)26)19(16-8-6-15(12-22)7-9-16)23-24(20)17-10-4-14(3)5-11-17/h4-11,13H,1-3H3,(H,25,26). The second kappa shape index (κ2) is 6.85. The number of benzene rings is 2. The molecule has 5 heteroatoms. The quantitative estimate of drug-likeness (QED) is 0.753. The number of aromatic nitrogens is 2. The van der Waals surface area contributed by atoms with Gasteiger partial charge in [0.2, 0.25) is 0 Å². The van der Waals surface area contributed by atoms with Crippen molar-refractivity contribution in [3.63, 3.8) is 0 Å². The van der Waals surface area contributed by atoms with E-state index in [1.807, 2.05) is 45.0 Å². The molecule has 130 valence electrons. The lowest BCUT2D eigenvalue weighted by Crippen LogP contribution is -2.08. The average molecular weight is 345 g/mol. The summed E-state index contributed by atoms with van der Waals surface area (Å²) in [7, 11) is 0. The summed E-state index contributed by atoms with van der Waals surface area (Å²) in [5.41, 5.74) is 4.40. The van der Waals surface area contributed by atoms with Gasteiger partial charge in [-0.15, -0.1) is 0 Å². The lowest BCUT2D eigenvalue weighted by molar-refractivity contribution is 0.0696. The highest BCUT2D eigenvalue weighted by atomic mass is 16.4. The lowest BCUT2D eigenvalue weighted by Gasteiger charge is -2.11. The molecule has 0 aliphatic carbocycles. The molecule has 0 fully saturated rings. The van der Waals surface area contributed by atoms with E-state index < -0.39 is 5.97 Å². The topological polar surface area (TPSA) is 78.9 Å². The Bertz CT molecular complexity index is 991. The lowest BCUT2D eigenvalue weighted by atomic mass is 9.99. The summed E-state index contributed by atoms with van der Waals surface area (Å²) in [4.78, 5) is 12.0. The minimum Gasteiger partial charge on any atom is -0.478 e. The van der Waals surface area contributed by atoms with Crippen LogP contribution in [-0.4, -0.2) is 20.9 Å². The molecule has 3 aromatic rings. The number of aromatic carboxylic acids is 1. The second-order valence-corrected chi connectivity index (χ2v) is 6.51. The summed E-state index contributed by atoms with van der Waals surface area (Å²) in [6.45, 7) is 5.91. The number of hydrogen-bond acceptors (Lipinski definition) is 3. The molecule has 26 heavy (non-hydrogen) atoms. The molecule has 0 unspecified atom stereocenters. The van der Waals surface area contributed by atoms with Crippen LogP contribution >= 0.6 is 0 Å². The van der Waals surface area contributed by atoms with Gasteiger partial charge in [0.25, 0.3) is 0 Å². The molecule has 1 N–H and O–H groups in total. The Morgan fingerprint density at radius 1 is 1.12 bits per heavy atom. The van der Waals surface area contributed by atoms with Gasteiger partial charge in [-0.2, -0.15) is 10.4 Å². The Morgan fingerprint density at radius 2 is 1.73 bits per heavy atom. The van der Waals surface area contributed by atoms with Crippen molar-refractivity contribution in [3.05, 3.63) is 70.9 Å². The zero-order valence-electron chi connectivity index (χ0n) is 14.9. The van der Waals surface area contributed by atoms with E-state index in [9.17, 15) is 9.90 Å². The van der Waals surface area contributed by atoms with Crippen molar-refractivity contribution in [1.82, 2.24) is 9.78 Å². The third kappa shape index (κ3) is 3.09. The molecule has 0 saturated heterocycles. The molecule has 0 amide bonds. The molecule has 3 rings (SSSR count). The highest BCUT2D eigenvalue weighted by Crippen LogP contribution is 2.32. The fraction of sp³-hybridized carbons (Fsp3) is 0.190. The predicted molar refractivity (Wildman–Crippen MR) is 99.5 cm³/mol. The molecule has 1 aromatic heterocycles. The van der Waals surface area contributed by atoms with Crippen LogP contribution in [0.5, 0.6) is 0 Å². The van der Waals surface area contributed by atoms with E-state index in [4.69, 9.17) is 5.26 Å². The molecular formula is C21H19N3O2. The minimum absolute atomic E-state index is 0.0259. The summed E-state index contributed by atoms with van der Waals surface area (Å²) in [5.74, 6) is -1.03. The molecule has 0 radical (unpaired) electrons. The van der Waals surface area contributed by atoms with Crippen LogP contribution in [0, 0.1) is 18.3 Å². The number of nitrogens with zero attached hydrogens (tertiary/aromatic N) is 3. The van der Waals surface area contributed by atoms with E-state index >= 15 is 0 Å². The summed E-state index contributed by atoms with van der Waals surface area (Å²) < 4.78 is 1.71. The maximum absolute atomic E-state index is 12.0. The van der Waals surface area contributed by atoms with Crippen molar-refractivity contribution in [2.45, 2.75) is 26.7 Å². The molecule has 0 atom stereocenters. The molecule has 0 aliphatic rings. The number of rotatable bonds is 4. The highest BCUT2D eigenvalue weighted by molar-refractivity contribution is 5.96. The Morgan fingerprint density at radius 3 is 2.23 bits per heavy atom. The minimum atomic E-state index is -1.01. The molecule has 0 saturated carbocycles.